The van der Waals surface area contributed by atoms with Crippen molar-refractivity contribution in [3.8, 4) is 0 Å². The van der Waals surface area contributed by atoms with E-state index in [2.05, 4.69) is 0 Å². The van der Waals surface area contributed by atoms with Crippen molar-refractivity contribution < 1.29 is 18.3 Å². The average Bonchev–Trinajstić information content (AvgIpc) is 2.27. The number of aliphatic hydroxyl groups is 1. The van der Waals surface area contributed by atoms with Crippen molar-refractivity contribution in [2.45, 2.75) is 44.5 Å². The Kier molecular flexibility index (Phi) is 6.83. The summed E-state index contributed by atoms with van der Waals surface area (Å²) in [6.07, 6.45) is -6.19. The molecular weight excluding hydrogens is 279 g/mol. The molecule has 2 nitrogen and oxygen atoms in total. The molecule has 0 amide bonds. The Morgan fingerprint density at radius 1 is 1.11 bits per heavy atom. The van der Waals surface area contributed by atoms with Crippen LogP contribution in [-0.2, 0) is 0 Å². The Morgan fingerprint density at radius 2 is 1.53 bits per heavy atom. The minimum absolute atomic E-state index is 0. The molecule has 0 aromatic heterocycles. The highest BCUT2D eigenvalue weighted by Crippen LogP contribution is 2.27. The minimum atomic E-state index is -4.47. The van der Waals surface area contributed by atoms with E-state index in [-0.39, 0.29) is 12.4 Å². The lowest BCUT2D eigenvalue weighted by Gasteiger charge is -2.19. The molecule has 19 heavy (non-hydrogen) atoms. The predicted octanol–water partition coefficient (Wildman–Crippen LogP) is 3.54. The van der Waals surface area contributed by atoms with Gasteiger partial charge in [0.05, 0.1) is 6.10 Å². The third kappa shape index (κ3) is 5.38. The second-order valence-corrected chi connectivity index (χ2v) is 4.72. The quantitative estimate of drug-likeness (QED) is 0.893. The first-order valence-corrected chi connectivity index (χ1v) is 5.82. The Labute approximate surface area is 117 Å². The third-order valence-corrected chi connectivity index (χ3v) is 2.89. The van der Waals surface area contributed by atoms with Crippen LogP contribution in [-0.4, -0.2) is 17.3 Å². The molecule has 0 spiro atoms. The molecule has 0 saturated heterocycles. The molecule has 110 valence electrons. The number of aliphatic hydroxyl groups excluding tert-OH is 1. The highest BCUT2D eigenvalue weighted by molar-refractivity contribution is 5.85. The zero-order valence-corrected chi connectivity index (χ0v) is 11.6. The van der Waals surface area contributed by atoms with E-state index in [9.17, 15) is 18.3 Å². The molecule has 1 aromatic carbocycles. The Morgan fingerprint density at radius 3 is 1.89 bits per heavy atom. The number of hydrogen-bond acceptors (Lipinski definition) is 2. The molecule has 0 bridgehead atoms. The SMILES string of the molecule is CC(C)c1ccc([C@H](O)C[C@H](N)C(F)(F)F)cc1.Cl. The number of alkyl halides is 3. The molecule has 0 radical (unpaired) electrons. The van der Waals surface area contributed by atoms with Gasteiger partial charge in [-0.3, -0.25) is 0 Å². The fourth-order valence-corrected chi connectivity index (χ4v) is 1.61. The molecule has 0 saturated carbocycles. The van der Waals surface area contributed by atoms with Gasteiger partial charge in [0.1, 0.15) is 6.04 Å². The van der Waals surface area contributed by atoms with Crippen molar-refractivity contribution in [3.63, 3.8) is 0 Å². The van der Waals surface area contributed by atoms with Crippen LogP contribution in [0.5, 0.6) is 0 Å². The Balaban J connectivity index is 0.00000324. The lowest BCUT2D eigenvalue weighted by atomic mass is 9.97. The summed E-state index contributed by atoms with van der Waals surface area (Å²) in [5, 5.41) is 9.70. The number of hydrogen-bond donors (Lipinski definition) is 2. The van der Waals surface area contributed by atoms with Gasteiger partial charge < -0.3 is 10.8 Å². The molecule has 0 fully saturated rings. The summed E-state index contributed by atoms with van der Waals surface area (Å²) in [6, 6.07) is 4.90. The van der Waals surface area contributed by atoms with E-state index in [1.54, 1.807) is 12.1 Å². The van der Waals surface area contributed by atoms with E-state index in [4.69, 9.17) is 5.73 Å². The first-order chi connectivity index (χ1) is 8.21. The van der Waals surface area contributed by atoms with E-state index >= 15 is 0 Å². The Bertz CT molecular complexity index is 378. The summed E-state index contributed by atoms with van der Waals surface area (Å²) in [6.45, 7) is 4.04. The second kappa shape index (κ2) is 7.12. The first-order valence-electron chi connectivity index (χ1n) is 5.82. The lowest BCUT2D eigenvalue weighted by Crippen LogP contribution is -2.38. The van der Waals surface area contributed by atoms with Gasteiger partial charge in [0.25, 0.3) is 0 Å². The number of rotatable bonds is 4. The molecule has 0 aliphatic rings. The van der Waals surface area contributed by atoms with Crippen LogP contribution in [0.4, 0.5) is 13.2 Å². The summed E-state index contributed by atoms with van der Waals surface area (Å²) in [5.74, 6) is 0.341. The first kappa shape index (κ1) is 18.2. The number of nitrogens with two attached hydrogens (primary N) is 1. The van der Waals surface area contributed by atoms with Gasteiger partial charge in [-0.15, -0.1) is 12.4 Å². The smallest absolute Gasteiger partial charge is 0.388 e. The standard InChI is InChI=1S/C13H18F3NO.ClH/c1-8(2)9-3-5-10(6-4-9)11(18)7-12(17)13(14,15)16;/h3-6,8,11-12,18H,7,17H2,1-2H3;1H/t11-,12+;/m1./s1. The largest absolute Gasteiger partial charge is 0.403 e. The van der Waals surface area contributed by atoms with Crippen molar-refractivity contribution in [1.82, 2.24) is 0 Å². The number of benzene rings is 1. The van der Waals surface area contributed by atoms with Crippen LogP contribution in [0, 0.1) is 0 Å². The molecule has 0 aliphatic heterocycles. The summed E-state index contributed by atoms with van der Waals surface area (Å²) in [5.41, 5.74) is 6.51. The molecule has 0 heterocycles. The van der Waals surface area contributed by atoms with Crippen LogP contribution in [0.25, 0.3) is 0 Å². The summed E-state index contributed by atoms with van der Waals surface area (Å²) in [7, 11) is 0. The third-order valence-electron chi connectivity index (χ3n) is 2.89. The van der Waals surface area contributed by atoms with Crippen molar-refractivity contribution in [2.75, 3.05) is 0 Å². The van der Waals surface area contributed by atoms with Crippen LogP contribution < -0.4 is 5.73 Å². The molecule has 1 aromatic rings. The van der Waals surface area contributed by atoms with Crippen molar-refractivity contribution in [1.29, 1.82) is 0 Å². The summed E-state index contributed by atoms with van der Waals surface area (Å²) < 4.78 is 36.8. The average molecular weight is 298 g/mol. The highest BCUT2D eigenvalue weighted by Gasteiger charge is 2.37. The predicted molar refractivity (Wildman–Crippen MR) is 71.4 cm³/mol. The minimum Gasteiger partial charge on any atom is -0.388 e. The van der Waals surface area contributed by atoms with Crippen LogP contribution in [0.2, 0.25) is 0 Å². The van der Waals surface area contributed by atoms with E-state index in [1.165, 1.54) is 0 Å². The van der Waals surface area contributed by atoms with Crippen LogP contribution in [0.1, 0.15) is 43.4 Å². The molecule has 0 aliphatic carbocycles. The summed E-state index contributed by atoms with van der Waals surface area (Å²) in [4.78, 5) is 0. The highest BCUT2D eigenvalue weighted by atomic mass is 35.5. The van der Waals surface area contributed by atoms with Gasteiger partial charge in [0.2, 0.25) is 0 Å². The van der Waals surface area contributed by atoms with Crippen molar-refractivity contribution in [2.24, 2.45) is 5.73 Å². The summed E-state index contributed by atoms with van der Waals surface area (Å²) >= 11 is 0. The maximum atomic E-state index is 12.3. The van der Waals surface area contributed by atoms with Gasteiger partial charge >= 0.3 is 6.18 Å². The van der Waals surface area contributed by atoms with E-state index in [0.717, 1.165) is 5.56 Å². The van der Waals surface area contributed by atoms with Crippen LogP contribution in [0.15, 0.2) is 24.3 Å². The zero-order valence-electron chi connectivity index (χ0n) is 10.8. The maximum Gasteiger partial charge on any atom is 0.403 e. The number of halogens is 4. The zero-order chi connectivity index (χ0) is 13.9. The van der Waals surface area contributed by atoms with Gasteiger partial charge in [0, 0.05) is 6.42 Å². The van der Waals surface area contributed by atoms with E-state index in [1.807, 2.05) is 26.0 Å². The normalized spacial score (nSPS) is 14.9. The maximum absolute atomic E-state index is 12.3. The Hall–Kier alpha value is -0.780. The molecule has 0 unspecified atom stereocenters. The monoisotopic (exact) mass is 297 g/mol. The van der Waals surface area contributed by atoms with Crippen LogP contribution in [0.3, 0.4) is 0 Å². The molecule has 3 N–H and O–H groups in total. The molecule has 2 atom stereocenters. The fourth-order valence-electron chi connectivity index (χ4n) is 1.61. The van der Waals surface area contributed by atoms with Gasteiger partial charge in [-0.1, -0.05) is 38.1 Å². The molecule has 1 rings (SSSR count). The van der Waals surface area contributed by atoms with Crippen molar-refractivity contribution in [3.05, 3.63) is 35.4 Å². The van der Waals surface area contributed by atoms with Gasteiger partial charge in [0.15, 0.2) is 0 Å². The van der Waals surface area contributed by atoms with E-state index in [0.29, 0.717) is 11.5 Å². The van der Waals surface area contributed by atoms with Crippen molar-refractivity contribution >= 4 is 12.4 Å². The topological polar surface area (TPSA) is 46.2 Å². The van der Waals surface area contributed by atoms with E-state index < -0.39 is 24.7 Å². The van der Waals surface area contributed by atoms with Gasteiger partial charge in [-0.2, -0.15) is 13.2 Å². The van der Waals surface area contributed by atoms with Gasteiger partial charge in [-0.05, 0) is 17.0 Å². The lowest BCUT2D eigenvalue weighted by molar-refractivity contribution is -0.153. The van der Waals surface area contributed by atoms with Gasteiger partial charge in [-0.25, -0.2) is 0 Å². The fraction of sp³-hybridized carbons (Fsp3) is 0.538. The second-order valence-electron chi connectivity index (χ2n) is 4.72. The molecule has 6 heteroatoms. The molecular formula is C13H19ClF3NO. The van der Waals surface area contributed by atoms with Crippen LogP contribution >= 0.6 is 12.4 Å².